The molecule has 1 heterocycles. The quantitative estimate of drug-likeness (QED) is 0.274. The van der Waals surface area contributed by atoms with Gasteiger partial charge in [-0.2, -0.15) is 5.10 Å². The van der Waals surface area contributed by atoms with Gasteiger partial charge < -0.3 is 10.1 Å². The lowest BCUT2D eigenvalue weighted by Gasteiger charge is -2.12. The van der Waals surface area contributed by atoms with Gasteiger partial charge in [0.05, 0.1) is 5.39 Å². The maximum Gasteiger partial charge on any atom is 0.359 e. The number of rotatable bonds is 9. The van der Waals surface area contributed by atoms with Gasteiger partial charge >= 0.3 is 5.97 Å². The van der Waals surface area contributed by atoms with Crippen molar-refractivity contribution in [3.63, 3.8) is 0 Å². The first-order chi connectivity index (χ1) is 17.1. The minimum absolute atomic E-state index is 0.0224. The van der Waals surface area contributed by atoms with E-state index < -0.39 is 18.5 Å². The summed E-state index contributed by atoms with van der Waals surface area (Å²) in [5.74, 6) is -1.22. The van der Waals surface area contributed by atoms with E-state index in [1.54, 1.807) is 30.3 Å². The van der Waals surface area contributed by atoms with E-state index in [4.69, 9.17) is 4.74 Å². The highest BCUT2D eigenvalue weighted by Crippen LogP contribution is 2.27. The second-order valence-corrected chi connectivity index (χ2v) is 8.17. The number of amides is 1. The summed E-state index contributed by atoms with van der Waals surface area (Å²) in [5.41, 5.74) is 2.21. The Morgan fingerprint density at radius 2 is 1.57 bits per heavy atom. The number of carbonyl (C=O) groups excluding carboxylic acids is 2. The zero-order valence-corrected chi connectivity index (χ0v) is 19.6. The number of hydrogen-bond acceptors (Lipinski definition) is 5. The molecule has 7 heteroatoms. The van der Waals surface area contributed by atoms with Crippen LogP contribution >= 0.6 is 0 Å². The minimum atomic E-state index is -0.753. The van der Waals surface area contributed by atoms with Gasteiger partial charge in [0.15, 0.2) is 12.3 Å². The Balaban J connectivity index is 1.50. The molecule has 1 amide bonds. The third-order valence-corrected chi connectivity index (χ3v) is 5.65. The van der Waals surface area contributed by atoms with Crippen LogP contribution in [0.3, 0.4) is 0 Å². The molecule has 0 aliphatic carbocycles. The third kappa shape index (κ3) is 5.63. The molecule has 7 nitrogen and oxygen atoms in total. The van der Waals surface area contributed by atoms with Crippen LogP contribution in [0.5, 0.6) is 0 Å². The first-order valence-electron chi connectivity index (χ1n) is 11.7. The molecule has 0 bridgehead atoms. The highest BCUT2D eigenvalue weighted by Gasteiger charge is 2.19. The average molecular weight is 470 g/mol. The minimum Gasteiger partial charge on any atom is -0.451 e. The van der Waals surface area contributed by atoms with Gasteiger partial charge in [0.25, 0.3) is 11.5 Å². The summed E-state index contributed by atoms with van der Waals surface area (Å²) in [6, 6.07) is 23.9. The molecule has 4 rings (SSSR count). The third-order valence-electron chi connectivity index (χ3n) is 5.65. The van der Waals surface area contributed by atoms with Crippen LogP contribution < -0.4 is 10.9 Å². The van der Waals surface area contributed by atoms with E-state index >= 15 is 0 Å². The van der Waals surface area contributed by atoms with E-state index in [1.807, 2.05) is 48.5 Å². The van der Waals surface area contributed by atoms with E-state index in [0.717, 1.165) is 30.4 Å². The smallest absolute Gasteiger partial charge is 0.359 e. The second kappa shape index (κ2) is 11.2. The monoisotopic (exact) mass is 469 g/mol. The SMILES string of the molecule is CCCCCn1nc(C(=O)OCC(=O)Nc2ccccc2-c2ccccc2)c2ccccc2c1=O. The fourth-order valence-electron chi connectivity index (χ4n) is 3.90. The van der Waals surface area contributed by atoms with Crippen molar-refractivity contribution in [2.24, 2.45) is 0 Å². The predicted molar refractivity (Wildman–Crippen MR) is 136 cm³/mol. The van der Waals surface area contributed by atoms with Gasteiger partial charge in [-0.25, -0.2) is 9.48 Å². The number of nitrogens with zero attached hydrogens (tertiary/aromatic N) is 2. The first-order valence-corrected chi connectivity index (χ1v) is 11.7. The number of ether oxygens (including phenoxy) is 1. The van der Waals surface area contributed by atoms with E-state index in [2.05, 4.69) is 17.3 Å². The number of aryl methyl sites for hydroxylation is 1. The molecule has 0 fully saturated rings. The van der Waals surface area contributed by atoms with Crippen LogP contribution in [-0.2, 0) is 16.1 Å². The largest absolute Gasteiger partial charge is 0.451 e. The summed E-state index contributed by atoms with van der Waals surface area (Å²) >= 11 is 0. The van der Waals surface area contributed by atoms with Crippen molar-refractivity contribution < 1.29 is 14.3 Å². The van der Waals surface area contributed by atoms with Crippen molar-refractivity contribution >= 4 is 28.3 Å². The first kappa shape index (κ1) is 23.9. The summed E-state index contributed by atoms with van der Waals surface area (Å²) in [7, 11) is 0. The number of anilines is 1. The Bertz CT molecular complexity index is 1400. The highest BCUT2D eigenvalue weighted by molar-refractivity contribution is 6.03. The van der Waals surface area contributed by atoms with Crippen LogP contribution in [0.4, 0.5) is 5.69 Å². The zero-order chi connectivity index (χ0) is 24.6. The van der Waals surface area contributed by atoms with Crippen LogP contribution in [0.15, 0.2) is 83.7 Å². The van der Waals surface area contributed by atoms with Crippen LogP contribution in [0, 0.1) is 0 Å². The van der Waals surface area contributed by atoms with Crippen molar-refractivity contribution in [3.8, 4) is 11.1 Å². The molecule has 0 saturated carbocycles. The van der Waals surface area contributed by atoms with E-state index in [-0.39, 0.29) is 11.3 Å². The lowest BCUT2D eigenvalue weighted by Crippen LogP contribution is -2.28. The summed E-state index contributed by atoms with van der Waals surface area (Å²) in [6.07, 6.45) is 2.73. The molecule has 0 aliphatic heterocycles. The molecule has 35 heavy (non-hydrogen) atoms. The number of hydrogen-bond donors (Lipinski definition) is 1. The molecule has 0 atom stereocenters. The molecule has 4 aromatic rings. The van der Waals surface area contributed by atoms with E-state index in [9.17, 15) is 14.4 Å². The molecular formula is C28H27N3O4. The Hall–Kier alpha value is -4.26. The Labute approximate surface area is 203 Å². The maximum absolute atomic E-state index is 12.9. The molecule has 3 aromatic carbocycles. The lowest BCUT2D eigenvalue weighted by molar-refractivity contribution is -0.119. The number of fused-ring (bicyclic) bond motifs is 1. The number of esters is 1. The Morgan fingerprint density at radius 3 is 2.34 bits per heavy atom. The molecule has 0 aliphatic rings. The summed E-state index contributed by atoms with van der Waals surface area (Å²) in [4.78, 5) is 38.3. The number of carbonyl (C=O) groups is 2. The maximum atomic E-state index is 12.9. The number of para-hydroxylation sites is 1. The van der Waals surface area contributed by atoms with Crippen molar-refractivity contribution in [2.45, 2.75) is 32.7 Å². The topological polar surface area (TPSA) is 90.3 Å². The van der Waals surface area contributed by atoms with Crippen LogP contribution in [0.1, 0.15) is 36.7 Å². The van der Waals surface area contributed by atoms with Gasteiger partial charge in [0, 0.05) is 23.2 Å². The molecule has 0 spiro atoms. The van der Waals surface area contributed by atoms with Crippen molar-refractivity contribution in [3.05, 3.63) is 94.9 Å². The summed E-state index contributed by atoms with van der Waals surface area (Å²) in [5, 5.41) is 7.90. The summed E-state index contributed by atoms with van der Waals surface area (Å²) in [6.45, 7) is 2.00. The normalized spacial score (nSPS) is 10.8. The van der Waals surface area contributed by atoms with Crippen LogP contribution in [0.2, 0.25) is 0 Å². The molecule has 0 saturated heterocycles. The lowest BCUT2D eigenvalue weighted by atomic mass is 10.0. The molecule has 1 N–H and O–H groups in total. The molecule has 1 aromatic heterocycles. The van der Waals surface area contributed by atoms with Gasteiger partial charge in [-0.1, -0.05) is 86.5 Å². The van der Waals surface area contributed by atoms with Crippen LogP contribution in [0.25, 0.3) is 21.9 Å². The second-order valence-electron chi connectivity index (χ2n) is 8.17. The molecular weight excluding hydrogens is 442 g/mol. The number of aromatic nitrogens is 2. The fraction of sp³-hybridized carbons (Fsp3) is 0.214. The standard InChI is InChI=1S/C28H27N3O4/c1-2-3-11-18-31-27(33)23-16-8-7-15-22(23)26(30-31)28(34)35-19-25(32)29-24-17-10-9-14-21(24)20-12-5-4-6-13-20/h4-10,12-17H,2-3,11,18-19H2,1H3,(H,29,32). The van der Waals surface area contributed by atoms with Crippen molar-refractivity contribution in [2.75, 3.05) is 11.9 Å². The Kier molecular flexibility index (Phi) is 7.67. The van der Waals surface area contributed by atoms with E-state index in [0.29, 0.717) is 23.0 Å². The molecule has 0 radical (unpaired) electrons. The number of unbranched alkanes of at least 4 members (excludes halogenated alkanes) is 2. The number of benzene rings is 3. The Morgan fingerprint density at radius 1 is 0.886 bits per heavy atom. The van der Waals surface area contributed by atoms with Crippen molar-refractivity contribution in [1.29, 1.82) is 0 Å². The highest BCUT2D eigenvalue weighted by atomic mass is 16.5. The average Bonchev–Trinajstić information content (AvgIpc) is 2.89. The summed E-state index contributed by atoms with van der Waals surface area (Å²) < 4.78 is 6.62. The molecule has 0 unspecified atom stereocenters. The van der Waals surface area contributed by atoms with Gasteiger partial charge in [0.2, 0.25) is 0 Å². The van der Waals surface area contributed by atoms with Gasteiger partial charge in [-0.05, 0) is 24.1 Å². The van der Waals surface area contributed by atoms with Gasteiger partial charge in [-0.15, -0.1) is 0 Å². The van der Waals surface area contributed by atoms with E-state index in [1.165, 1.54) is 4.68 Å². The van der Waals surface area contributed by atoms with Gasteiger partial charge in [0.1, 0.15) is 0 Å². The number of nitrogens with one attached hydrogen (secondary N) is 1. The van der Waals surface area contributed by atoms with Crippen molar-refractivity contribution in [1.82, 2.24) is 9.78 Å². The zero-order valence-electron chi connectivity index (χ0n) is 19.6. The predicted octanol–water partition coefficient (Wildman–Crippen LogP) is 5.05. The van der Waals surface area contributed by atoms with Gasteiger partial charge in [-0.3, -0.25) is 9.59 Å². The molecule has 178 valence electrons. The fourth-order valence-corrected chi connectivity index (χ4v) is 3.90. The van der Waals surface area contributed by atoms with Crippen LogP contribution in [-0.4, -0.2) is 28.3 Å².